The van der Waals surface area contributed by atoms with Crippen molar-refractivity contribution in [3.8, 4) is 11.5 Å². The fourth-order valence-corrected chi connectivity index (χ4v) is 2.79. The Morgan fingerprint density at radius 3 is 2.50 bits per heavy atom. The predicted molar refractivity (Wildman–Crippen MR) is 83.9 cm³/mol. The topological polar surface area (TPSA) is 21.7 Å². The van der Waals surface area contributed by atoms with E-state index in [1.54, 1.807) is 25.6 Å². The summed E-state index contributed by atoms with van der Waals surface area (Å²) in [6, 6.07) is 8.29. The maximum absolute atomic E-state index is 5.33. The van der Waals surface area contributed by atoms with E-state index in [0.717, 1.165) is 31.0 Å². The summed E-state index contributed by atoms with van der Waals surface area (Å²) in [7, 11) is 5.48. The number of methoxy groups -OCH3 is 2. The molecule has 0 saturated heterocycles. The molecule has 3 nitrogen and oxygen atoms in total. The van der Waals surface area contributed by atoms with Crippen molar-refractivity contribution in [2.45, 2.75) is 13.0 Å². The lowest BCUT2D eigenvalue weighted by Gasteiger charge is -2.16. The largest absolute Gasteiger partial charge is 0.493 e. The number of likely N-dealkylation sites (N-methyl/N-ethyl adjacent to an activating group) is 1. The van der Waals surface area contributed by atoms with Crippen molar-refractivity contribution in [2.24, 2.45) is 0 Å². The first-order valence-electron chi connectivity index (χ1n) is 6.63. The smallest absolute Gasteiger partial charge is 0.160 e. The zero-order valence-corrected chi connectivity index (χ0v) is 13.1. The maximum Gasteiger partial charge on any atom is 0.160 e. The lowest BCUT2D eigenvalue weighted by atomic mass is 10.1. The van der Waals surface area contributed by atoms with Gasteiger partial charge < -0.3 is 14.4 Å². The summed E-state index contributed by atoms with van der Waals surface area (Å²) in [5.41, 5.74) is 2.64. The molecule has 0 amide bonds. The molecule has 20 heavy (non-hydrogen) atoms. The van der Waals surface area contributed by atoms with E-state index in [-0.39, 0.29) is 0 Å². The third kappa shape index (κ3) is 3.99. The minimum Gasteiger partial charge on any atom is -0.493 e. The molecule has 0 bridgehead atoms. The van der Waals surface area contributed by atoms with Crippen LogP contribution in [0, 0.1) is 0 Å². The molecule has 0 N–H and O–H groups in total. The second-order valence-corrected chi connectivity index (χ2v) is 5.59. The predicted octanol–water partition coefficient (Wildman–Crippen LogP) is 3.44. The van der Waals surface area contributed by atoms with Crippen molar-refractivity contribution in [1.29, 1.82) is 0 Å². The highest BCUT2D eigenvalue weighted by Gasteiger charge is 2.06. The monoisotopic (exact) mass is 291 g/mol. The highest BCUT2D eigenvalue weighted by molar-refractivity contribution is 7.07. The van der Waals surface area contributed by atoms with Gasteiger partial charge >= 0.3 is 0 Å². The highest BCUT2D eigenvalue weighted by atomic mass is 32.1. The van der Waals surface area contributed by atoms with Gasteiger partial charge in [0.05, 0.1) is 14.2 Å². The molecular weight excluding hydrogens is 270 g/mol. The number of nitrogens with zero attached hydrogens (tertiary/aromatic N) is 1. The molecule has 0 aliphatic rings. The first-order chi connectivity index (χ1) is 9.72. The van der Waals surface area contributed by atoms with E-state index in [4.69, 9.17) is 9.47 Å². The van der Waals surface area contributed by atoms with Crippen LogP contribution < -0.4 is 9.47 Å². The Balaban J connectivity index is 1.90. The lowest BCUT2D eigenvalue weighted by molar-refractivity contribution is 0.330. The average molecular weight is 291 g/mol. The third-order valence-electron chi connectivity index (χ3n) is 3.26. The minimum absolute atomic E-state index is 0.780. The summed E-state index contributed by atoms with van der Waals surface area (Å²) in [5.74, 6) is 1.58. The molecule has 2 rings (SSSR count). The summed E-state index contributed by atoms with van der Waals surface area (Å²) < 4.78 is 10.6. The SMILES string of the molecule is COc1ccc(CCN(C)Cc2ccsc2)cc1OC. The fourth-order valence-electron chi connectivity index (χ4n) is 2.13. The fraction of sp³-hybridized carbons (Fsp3) is 0.375. The minimum atomic E-state index is 0.780. The van der Waals surface area contributed by atoms with Crippen LogP contribution in [0.15, 0.2) is 35.0 Å². The van der Waals surface area contributed by atoms with Crippen molar-refractivity contribution in [3.05, 3.63) is 46.2 Å². The summed E-state index contributed by atoms with van der Waals surface area (Å²) >= 11 is 1.75. The molecule has 0 radical (unpaired) electrons. The van der Waals surface area contributed by atoms with Crippen molar-refractivity contribution in [1.82, 2.24) is 4.90 Å². The van der Waals surface area contributed by atoms with Gasteiger partial charge in [0.15, 0.2) is 11.5 Å². The molecule has 1 aromatic carbocycles. The van der Waals surface area contributed by atoms with E-state index >= 15 is 0 Å². The van der Waals surface area contributed by atoms with Crippen molar-refractivity contribution in [2.75, 3.05) is 27.8 Å². The number of benzene rings is 1. The molecule has 0 unspecified atom stereocenters. The van der Waals surface area contributed by atoms with Gasteiger partial charge in [-0.2, -0.15) is 11.3 Å². The molecule has 108 valence electrons. The molecule has 0 atom stereocenters. The van der Waals surface area contributed by atoms with Gasteiger partial charge in [-0.15, -0.1) is 0 Å². The first kappa shape index (κ1) is 14.9. The molecule has 0 spiro atoms. The van der Waals surface area contributed by atoms with Gasteiger partial charge in [-0.25, -0.2) is 0 Å². The van der Waals surface area contributed by atoms with Crippen molar-refractivity contribution in [3.63, 3.8) is 0 Å². The Morgan fingerprint density at radius 2 is 1.85 bits per heavy atom. The van der Waals surface area contributed by atoms with E-state index in [0.29, 0.717) is 0 Å². The Kier molecular flexibility index (Phi) is 5.44. The van der Waals surface area contributed by atoms with Crippen LogP contribution in [-0.4, -0.2) is 32.7 Å². The second kappa shape index (κ2) is 7.31. The van der Waals surface area contributed by atoms with Gasteiger partial charge in [0.1, 0.15) is 0 Å². The number of ether oxygens (including phenoxy) is 2. The van der Waals surface area contributed by atoms with Crippen LogP contribution in [0.25, 0.3) is 0 Å². The van der Waals surface area contributed by atoms with E-state index in [2.05, 4.69) is 40.9 Å². The van der Waals surface area contributed by atoms with Crippen LogP contribution in [0.5, 0.6) is 11.5 Å². The molecule has 1 heterocycles. The summed E-state index contributed by atoms with van der Waals surface area (Å²) in [6.07, 6.45) is 1.00. The molecule has 4 heteroatoms. The quantitative estimate of drug-likeness (QED) is 0.780. The number of hydrogen-bond acceptors (Lipinski definition) is 4. The van der Waals surface area contributed by atoms with Crippen LogP contribution >= 0.6 is 11.3 Å². The summed E-state index contributed by atoms with van der Waals surface area (Å²) in [6.45, 7) is 2.02. The normalized spacial score (nSPS) is 10.8. The molecule has 2 aromatic rings. The van der Waals surface area contributed by atoms with Gasteiger partial charge in [0.2, 0.25) is 0 Å². The van der Waals surface area contributed by atoms with Gasteiger partial charge in [0, 0.05) is 13.1 Å². The van der Waals surface area contributed by atoms with Crippen LogP contribution in [0.3, 0.4) is 0 Å². The second-order valence-electron chi connectivity index (χ2n) is 4.81. The molecule has 0 aliphatic heterocycles. The van der Waals surface area contributed by atoms with Gasteiger partial charge in [-0.3, -0.25) is 0 Å². The molecule has 1 aromatic heterocycles. The summed E-state index contributed by atoms with van der Waals surface area (Å²) in [4.78, 5) is 2.33. The highest BCUT2D eigenvalue weighted by Crippen LogP contribution is 2.27. The van der Waals surface area contributed by atoms with Gasteiger partial charge in [0.25, 0.3) is 0 Å². The van der Waals surface area contributed by atoms with Crippen LogP contribution in [0.4, 0.5) is 0 Å². The van der Waals surface area contributed by atoms with E-state index < -0.39 is 0 Å². The van der Waals surface area contributed by atoms with E-state index in [9.17, 15) is 0 Å². The van der Waals surface area contributed by atoms with Gasteiger partial charge in [-0.1, -0.05) is 6.07 Å². The number of hydrogen-bond donors (Lipinski definition) is 0. The Labute approximate surface area is 124 Å². The van der Waals surface area contributed by atoms with Crippen LogP contribution in [-0.2, 0) is 13.0 Å². The molecule has 0 saturated carbocycles. The van der Waals surface area contributed by atoms with Crippen LogP contribution in [0.2, 0.25) is 0 Å². The Morgan fingerprint density at radius 1 is 1.05 bits per heavy atom. The average Bonchev–Trinajstić information content (AvgIpc) is 2.97. The van der Waals surface area contributed by atoms with Crippen molar-refractivity contribution < 1.29 is 9.47 Å². The molecule has 0 aliphatic carbocycles. The zero-order valence-electron chi connectivity index (χ0n) is 12.3. The zero-order chi connectivity index (χ0) is 14.4. The first-order valence-corrected chi connectivity index (χ1v) is 7.57. The third-order valence-corrected chi connectivity index (χ3v) is 3.99. The van der Waals surface area contributed by atoms with Crippen molar-refractivity contribution >= 4 is 11.3 Å². The lowest BCUT2D eigenvalue weighted by Crippen LogP contribution is -2.20. The standard InChI is InChI=1S/C16H21NO2S/c1-17(11-14-7-9-20-12-14)8-6-13-4-5-15(18-2)16(10-13)19-3/h4-5,7,9-10,12H,6,8,11H2,1-3H3. The number of thiophene rings is 1. The Bertz CT molecular complexity index is 525. The summed E-state index contributed by atoms with van der Waals surface area (Å²) in [5, 5.41) is 4.32. The maximum atomic E-state index is 5.33. The van der Waals surface area contributed by atoms with E-state index in [1.807, 2.05) is 6.07 Å². The molecule has 0 fully saturated rings. The number of rotatable bonds is 7. The van der Waals surface area contributed by atoms with E-state index in [1.165, 1.54) is 11.1 Å². The molecular formula is C16H21NO2S. The Hall–Kier alpha value is -1.52. The van der Waals surface area contributed by atoms with Crippen LogP contribution in [0.1, 0.15) is 11.1 Å². The van der Waals surface area contributed by atoms with Gasteiger partial charge in [-0.05, 0) is 53.6 Å².